The molecule has 2 aromatic carbocycles. The van der Waals surface area contributed by atoms with Gasteiger partial charge in [0, 0.05) is 12.1 Å². The zero-order valence-corrected chi connectivity index (χ0v) is 19.7. The number of nitrogens with one attached hydrogen (secondary N) is 2. The van der Waals surface area contributed by atoms with Crippen molar-refractivity contribution in [3.05, 3.63) is 54.1 Å². The molecule has 6 nitrogen and oxygen atoms in total. The van der Waals surface area contributed by atoms with Crippen LogP contribution in [0.25, 0.3) is 0 Å². The number of rotatable bonds is 11. The number of anilines is 3. The molecule has 0 saturated carbocycles. The minimum Gasteiger partial charge on any atom is -0.326 e. The highest BCUT2D eigenvalue weighted by Crippen LogP contribution is 2.33. The van der Waals surface area contributed by atoms with E-state index in [-0.39, 0.29) is 24.1 Å². The maximum atomic E-state index is 13.2. The van der Waals surface area contributed by atoms with Crippen molar-refractivity contribution in [3.8, 4) is 0 Å². The molecular formula is C27H35N3O3. The lowest BCUT2D eigenvalue weighted by Gasteiger charge is -2.36. The van der Waals surface area contributed by atoms with E-state index >= 15 is 0 Å². The van der Waals surface area contributed by atoms with Gasteiger partial charge in [0.05, 0.1) is 17.8 Å². The lowest BCUT2D eigenvalue weighted by Crippen LogP contribution is -2.52. The maximum absolute atomic E-state index is 13.2. The van der Waals surface area contributed by atoms with E-state index in [9.17, 15) is 14.4 Å². The summed E-state index contributed by atoms with van der Waals surface area (Å²) in [6, 6.07) is 13.9. The van der Waals surface area contributed by atoms with Crippen molar-refractivity contribution in [2.24, 2.45) is 0 Å². The Bertz CT molecular complexity index is 955. The van der Waals surface area contributed by atoms with Gasteiger partial charge >= 0.3 is 0 Å². The highest BCUT2D eigenvalue weighted by atomic mass is 16.2. The summed E-state index contributed by atoms with van der Waals surface area (Å²) in [7, 11) is 0. The monoisotopic (exact) mass is 449 g/mol. The van der Waals surface area contributed by atoms with Gasteiger partial charge in [-0.3, -0.25) is 19.3 Å². The maximum Gasteiger partial charge on any atom is 0.248 e. The Morgan fingerprint density at radius 1 is 0.939 bits per heavy atom. The Kier molecular flexibility index (Phi) is 9.04. The topological polar surface area (TPSA) is 78.5 Å². The Balaban J connectivity index is 1.66. The predicted molar refractivity (Wildman–Crippen MR) is 133 cm³/mol. The molecule has 0 saturated heterocycles. The lowest BCUT2D eigenvalue weighted by molar-refractivity contribution is -0.126. The molecule has 2 N–H and O–H groups in total. The summed E-state index contributed by atoms with van der Waals surface area (Å²) in [6.45, 7) is 4.17. The van der Waals surface area contributed by atoms with Crippen LogP contribution in [0.5, 0.6) is 0 Å². The predicted octanol–water partition coefficient (Wildman–Crippen LogP) is 5.82. The number of fused-ring (bicyclic) bond motifs is 1. The van der Waals surface area contributed by atoms with E-state index in [1.165, 1.54) is 30.6 Å². The first-order valence-electron chi connectivity index (χ1n) is 12.1. The highest BCUT2D eigenvalue weighted by molar-refractivity contribution is 6.13. The van der Waals surface area contributed by atoms with Crippen molar-refractivity contribution >= 4 is 34.8 Å². The van der Waals surface area contributed by atoms with Gasteiger partial charge in [-0.1, -0.05) is 75.3 Å². The average Bonchev–Trinajstić information content (AvgIpc) is 2.80. The van der Waals surface area contributed by atoms with Gasteiger partial charge in [0.1, 0.15) is 6.04 Å². The SMILES string of the molecule is CCCCCCCCCC(=O)N1c2ccccc2NC(=O)[C@H]1CC(=O)Nc1ccc(C)cc1. The number of unbranched alkanes of at least 4 members (excludes halogenated alkanes) is 6. The second-order valence-electron chi connectivity index (χ2n) is 8.78. The fraction of sp³-hybridized carbons (Fsp3) is 0.444. The van der Waals surface area contributed by atoms with Crippen LogP contribution in [-0.2, 0) is 14.4 Å². The molecule has 1 heterocycles. The normalized spacial score (nSPS) is 15.0. The van der Waals surface area contributed by atoms with Gasteiger partial charge in [0.15, 0.2) is 0 Å². The molecule has 2 aromatic rings. The molecule has 176 valence electrons. The summed E-state index contributed by atoms with van der Waals surface area (Å²) >= 11 is 0. The summed E-state index contributed by atoms with van der Waals surface area (Å²) in [6.07, 6.45) is 8.07. The summed E-state index contributed by atoms with van der Waals surface area (Å²) in [4.78, 5) is 40.4. The van der Waals surface area contributed by atoms with Crippen LogP contribution >= 0.6 is 0 Å². The zero-order chi connectivity index (χ0) is 23.6. The van der Waals surface area contributed by atoms with Gasteiger partial charge in [-0.25, -0.2) is 0 Å². The smallest absolute Gasteiger partial charge is 0.248 e. The minimum atomic E-state index is -0.873. The van der Waals surface area contributed by atoms with Gasteiger partial charge in [0.2, 0.25) is 17.7 Å². The van der Waals surface area contributed by atoms with Crippen LogP contribution in [0.3, 0.4) is 0 Å². The molecule has 0 unspecified atom stereocenters. The summed E-state index contributed by atoms with van der Waals surface area (Å²) in [5, 5.41) is 5.69. The number of nitrogens with zero attached hydrogens (tertiary/aromatic N) is 1. The van der Waals surface area contributed by atoms with Gasteiger partial charge in [0.25, 0.3) is 0 Å². The van der Waals surface area contributed by atoms with E-state index in [0.717, 1.165) is 24.8 Å². The van der Waals surface area contributed by atoms with E-state index in [1.807, 2.05) is 49.4 Å². The largest absolute Gasteiger partial charge is 0.326 e. The van der Waals surface area contributed by atoms with Crippen LogP contribution in [-0.4, -0.2) is 23.8 Å². The van der Waals surface area contributed by atoms with E-state index in [0.29, 0.717) is 23.5 Å². The van der Waals surface area contributed by atoms with Gasteiger partial charge in [-0.05, 0) is 37.6 Å². The standard InChI is InChI=1S/C27H35N3O3/c1-3-4-5-6-7-8-9-14-26(32)30-23-13-11-10-12-22(23)29-27(33)24(30)19-25(31)28-21-17-15-20(2)16-18-21/h10-13,15-18,24H,3-9,14,19H2,1-2H3,(H,28,31)(H,29,33)/t24-/m1/s1. The number of carbonyl (C=O) groups excluding carboxylic acids is 3. The molecule has 3 amide bonds. The fourth-order valence-corrected chi connectivity index (χ4v) is 4.16. The molecule has 0 spiro atoms. The van der Waals surface area contributed by atoms with Crippen LogP contribution in [0.15, 0.2) is 48.5 Å². The fourth-order valence-electron chi connectivity index (χ4n) is 4.16. The van der Waals surface area contributed by atoms with Crippen molar-refractivity contribution in [2.45, 2.75) is 77.7 Å². The van der Waals surface area contributed by atoms with Crippen molar-refractivity contribution in [1.82, 2.24) is 0 Å². The van der Waals surface area contributed by atoms with Crippen molar-refractivity contribution in [1.29, 1.82) is 0 Å². The minimum absolute atomic E-state index is 0.100. The third-order valence-corrected chi connectivity index (χ3v) is 6.01. The second-order valence-corrected chi connectivity index (χ2v) is 8.78. The van der Waals surface area contributed by atoms with E-state index in [2.05, 4.69) is 17.6 Å². The molecule has 1 aliphatic heterocycles. The Morgan fingerprint density at radius 3 is 2.33 bits per heavy atom. The Hall–Kier alpha value is -3.15. The molecule has 0 fully saturated rings. The summed E-state index contributed by atoms with van der Waals surface area (Å²) in [5.41, 5.74) is 3.02. The zero-order valence-electron chi connectivity index (χ0n) is 19.7. The molecule has 3 rings (SSSR count). The molecule has 0 radical (unpaired) electrons. The van der Waals surface area contributed by atoms with E-state index in [1.54, 1.807) is 6.07 Å². The highest BCUT2D eigenvalue weighted by Gasteiger charge is 2.37. The van der Waals surface area contributed by atoms with Gasteiger partial charge < -0.3 is 10.6 Å². The Labute approximate surface area is 196 Å². The first kappa shape index (κ1) is 24.5. The molecule has 6 heteroatoms. The van der Waals surface area contributed by atoms with E-state index in [4.69, 9.17) is 0 Å². The third-order valence-electron chi connectivity index (χ3n) is 6.01. The first-order chi connectivity index (χ1) is 16.0. The first-order valence-corrected chi connectivity index (χ1v) is 12.1. The molecule has 0 aliphatic carbocycles. The summed E-state index contributed by atoms with van der Waals surface area (Å²) < 4.78 is 0. The number of aryl methyl sites for hydroxylation is 1. The molecule has 33 heavy (non-hydrogen) atoms. The number of carbonyl (C=O) groups is 3. The number of hydrogen-bond donors (Lipinski definition) is 2. The van der Waals surface area contributed by atoms with Crippen LogP contribution in [0, 0.1) is 6.92 Å². The average molecular weight is 450 g/mol. The number of para-hydroxylation sites is 2. The van der Waals surface area contributed by atoms with Gasteiger partial charge in [-0.15, -0.1) is 0 Å². The molecular weight excluding hydrogens is 414 g/mol. The quantitative estimate of drug-likeness (QED) is 0.424. The molecule has 0 bridgehead atoms. The molecule has 1 aliphatic rings. The summed E-state index contributed by atoms with van der Waals surface area (Å²) in [5.74, 6) is -0.744. The van der Waals surface area contributed by atoms with Gasteiger partial charge in [-0.2, -0.15) is 0 Å². The van der Waals surface area contributed by atoms with Crippen LogP contribution in [0.1, 0.15) is 70.3 Å². The number of benzene rings is 2. The molecule has 0 aromatic heterocycles. The van der Waals surface area contributed by atoms with Crippen molar-refractivity contribution < 1.29 is 14.4 Å². The number of amides is 3. The number of hydrogen-bond acceptors (Lipinski definition) is 3. The van der Waals surface area contributed by atoms with Crippen molar-refractivity contribution in [2.75, 3.05) is 15.5 Å². The van der Waals surface area contributed by atoms with E-state index < -0.39 is 6.04 Å². The van der Waals surface area contributed by atoms with Crippen LogP contribution in [0.2, 0.25) is 0 Å². The third kappa shape index (κ3) is 6.91. The van der Waals surface area contributed by atoms with Crippen LogP contribution < -0.4 is 15.5 Å². The van der Waals surface area contributed by atoms with Crippen LogP contribution in [0.4, 0.5) is 17.1 Å². The lowest BCUT2D eigenvalue weighted by atomic mass is 10.0. The Morgan fingerprint density at radius 2 is 1.61 bits per heavy atom. The molecule has 1 atom stereocenters. The van der Waals surface area contributed by atoms with Crippen molar-refractivity contribution in [3.63, 3.8) is 0 Å². The second kappa shape index (κ2) is 12.2.